The molecule has 37 heavy (non-hydrogen) atoms. The van der Waals surface area contributed by atoms with Crippen molar-refractivity contribution in [2.24, 2.45) is 0 Å². The number of fused-ring (bicyclic) bond motifs is 1. The summed E-state index contributed by atoms with van der Waals surface area (Å²) in [4.78, 5) is 20.0. The van der Waals surface area contributed by atoms with Crippen LogP contribution in [-0.2, 0) is 11.3 Å². The second-order valence-corrected chi connectivity index (χ2v) is 9.61. The average molecular weight is 498 g/mol. The first-order valence-corrected chi connectivity index (χ1v) is 13.3. The van der Waals surface area contributed by atoms with Gasteiger partial charge in [-0.05, 0) is 55.2 Å². The van der Waals surface area contributed by atoms with E-state index in [1.54, 1.807) is 0 Å². The Morgan fingerprint density at radius 1 is 0.946 bits per heavy atom. The summed E-state index contributed by atoms with van der Waals surface area (Å²) in [5.41, 5.74) is 4.07. The molecule has 0 unspecified atom stereocenters. The number of aromatic nitrogens is 2. The molecule has 0 radical (unpaired) electrons. The lowest BCUT2D eigenvalue weighted by Gasteiger charge is -2.20. The van der Waals surface area contributed by atoms with Crippen molar-refractivity contribution in [1.29, 1.82) is 0 Å². The highest BCUT2D eigenvalue weighted by Crippen LogP contribution is 2.37. The van der Waals surface area contributed by atoms with Gasteiger partial charge in [-0.1, -0.05) is 56.3 Å². The van der Waals surface area contributed by atoms with E-state index in [9.17, 15) is 4.79 Å². The van der Waals surface area contributed by atoms with Crippen LogP contribution in [0.15, 0.2) is 72.8 Å². The molecule has 0 aliphatic carbocycles. The number of para-hydroxylation sites is 5. The molecule has 1 amide bonds. The number of amides is 1. The highest BCUT2D eigenvalue weighted by Gasteiger charge is 2.36. The lowest BCUT2D eigenvalue weighted by molar-refractivity contribution is -0.117. The van der Waals surface area contributed by atoms with Crippen molar-refractivity contribution in [2.75, 3.05) is 24.7 Å². The summed E-state index contributed by atoms with van der Waals surface area (Å²) in [5, 5.41) is 0. The van der Waals surface area contributed by atoms with Crippen LogP contribution in [0.2, 0.25) is 0 Å². The Labute approximate surface area is 218 Å². The Kier molecular flexibility index (Phi) is 7.45. The zero-order valence-corrected chi connectivity index (χ0v) is 21.9. The maximum absolute atomic E-state index is 13.2. The molecule has 192 valence electrons. The van der Waals surface area contributed by atoms with Gasteiger partial charge in [0.1, 0.15) is 23.9 Å². The number of rotatable bonds is 10. The van der Waals surface area contributed by atoms with Crippen molar-refractivity contribution in [3.05, 3.63) is 84.2 Å². The van der Waals surface area contributed by atoms with Crippen molar-refractivity contribution < 1.29 is 14.3 Å². The standard InChI is InChI=1S/C31H35N3O3/c1-4-22(3)24-12-6-10-16-28(24)37-19-18-33-26-14-8-7-13-25(26)32-31(33)23-20-30(35)34(21-23)27-15-9-11-17-29(27)36-5-2/h6-17,22-23H,4-5,18-21H2,1-3H3/t22-,23-/m0/s1. The zero-order valence-electron chi connectivity index (χ0n) is 21.9. The summed E-state index contributed by atoms with van der Waals surface area (Å²) < 4.78 is 14.4. The van der Waals surface area contributed by atoms with Gasteiger partial charge in [-0.25, -0.2) is 4.98 Å². The van der Waals surface area contributed by atoms with Gasteiger partial charge in [-0.3, -0.25) is 4.79 Å². The van der Waals surface area contributed by atoms with Crippen molar-refractivity contribution >= 4 is 22.6 Å². The largest absolute Gasteiger partial charge is 0.492 e. The van der Waals surface area contributed by atoms with Crippen LogP contribution in [0.3, 0.4) is 0 Å². The molecule has 6 nitrogen and oxygen atoms in total. The van der Waals surface area contributed by atoms with E-state index in [1.807, 2.05) is 60.4 Å². The van der Waals surface area contributed by atoms with E-state index < -0.39 is 0 Å². The Morgan fingerprint density at radius 3 is 2.49 bits per heavy atom. The number of benzene rings is 3. The van der Waals surface area contributed by atoms with Crippen LogP contribution in [0.1, 0.15) is 56.8 Å². The molecule has 1 aliphatic heterocycles. The highest BCUT2D eigenvalue weighted by molar-refractivity contribution is 5.97. The van der Waals surface area contributed by atoms with Crippen LogP contribution in [0.5, 0.6) is 11.5 Å². The maximum atomic E-state index is 13.2. The molecule has 4 aromatic rings. The molecule has 3 aromatic carbocycles. The number of ether oxygens (including phenoxy) is 2. The lowest BCUT2D eigenvalue weighted by Crippen LogP contribution is -2.25. The SMILES string of the molecule is CCOc1ccccc1N1C[C@@H](c2nc3ccccc3n2CCOc2ccccc2[C@@H](C)CC)CC1=O. The molecule has 0 saturated carbocycles. The minimum Gasteiger partial charge on any atom is -0.492 e. The van der Waals surface area contributed by atoms with Gasteiger partial charge in [0.2, 0.25) is 5.91 Å². The van der Waals surface area contributed by atoms with Crippen LogP contribution >= 0.6 is 0 Å². The van der Waals surface area contributed by atoms with E-state index in [-0.39, 0.29) is 11.8 Å². The van der Waals surface area contributed by atoms with E-state index >= 15 is 0 Å². The van der Waals surface area contributed by atoms with Crippen LogP contribution in [0.25, 0.3) is 11.0 Å². The number of anilines is 1. The topological polar surface area (TPSA) is 56.6 Å². The average Bonchev–Trinajstić information content (AvgIpc) is 3.49. The van der Waals surface area contributed by atoms with E-state index in [1.165, 1.54) is 5.56 Å². The molecular weight excluding hydrogens is 462 g/mol. The summed E-state index contributed by atoms with van der Waals surface area (Å²) >= 11 is 0. The Bertz CT molecular complexity index is 1380. The minimum absolute atomic E-state index is 0.0121. The number of hydrogen-bond donors (Lipinski definition) is 0. The van der Waals surface area contributed by atoms with Crippen molar-refractivity contribution in [2.45, 2.75) is 52.0 Å². The molecular formula is C31H35N3O3. The van der Waals surface area contributed by atoms with Gasteiger partial charge < -0.3 is 18.9 Å². The first kappa shape index (κ1) is 24.9. The molecule has 2 atom stereocenters. The third-order valence-electron chi connectivity index (χ3n) is 7.26. The van der Waals surface area contributed by atoms with Crippen molar-refractivity contribution in [3.8, 4) is 11.5 Å². The molecule has 1 saturated heterocycles. The molecule has 6 heteroatoms. The van der Waals surface area contributed by atoms with E-state index in [2.05, 4.69) is 42.7 Å². The summed E-state index contributed by atoms with van der Waals surface area (Å²) in [7, 11) is 0. The smallest absolute Gasteiger partial charge is 0.227 e. The summed E-state index contributed by atoms with van der Waals surface area (Å²) in [5.74, 6) is 3.13. The van der Waals surface area contributed by atoms with Crippen LogP contribution in [-0.4, -0.2) is 35.2 Å². The highest BCUT2D eigenvalue weighted by atomic mass is 16.5. The molecule has 2 heterocycles. The van der Waals surface area contributed by atoms with Gasteiger partial charge in [0, 0.05) is 18.9 Å². The Morgan fingerprint density at radius 2 is 1.68 bits per heavy atom. The first-order chi connectivity index (χ1) is 18.1. The maximum Gasteiger partial charge on any atom is 0.227 e. The lowest BCUT2D eigenvalue weighted by atomic mass is 9.98. The van der Waals surface area contributed by atoms with Crippen LogP contribution in [0, 0.1) is 0 Å². The zero-order chi connectivity index (χ0) is 25.8. The number of imidazole rings is 1. The van der Waals surface area contributed by atoms with Crippen LogP contribution in [0.4, 0.5) is 5.69 Å². The Balaban J connectivity index is 1.40. The summed E-state index contributed by atoms with van der Waals surface area (Å²) in [6.07, 6.45) is 1.48. The molecule has 0 bridgehead atoms. The monoisotopic (exact) mass is 497 g/mol. The summed E-state index contributed by atoms with van der Waals surface area (Å²) in [6.45, 7) is 8.70. The second-order valence-electron chi connectivity index (χ2n) is 9.61. The third kappa shape index (κ3) is 5.06. The van der Waals surface area contributed by atoms with Gasteiger partial charge in [-0.2, -0.15) is 0 Å². The quantitative estimate of drug-likeness (QED) is 0.249. The number of carbonyl (C=O) groups excluding carboxylic acids is 1. The minimum atomic E-state index is -0.0121. The first-order valence-electron chi connectivity index (χ1n) is 13.3. The third-order valence-corrected chi connectivity index (χ3v) is 7.26. The predicted molar refractivity (Wildman–Crippen MR) is 148 cm³/mol. The van der Waals surface area contributed by atoms with Gasteiger partial charge in [-0.15, -0.1) is 0 Å². The van der Waals surface area contributed by atoms with Gasteiger partial charge >= 0.3 is 0 Å². The predicted octanol–water partition coefficient (Wildman–Crippen LogP) is 6.55. The van der Waals surface area contributed by atoms with Gasteiger partial charge in [0.15, 0.2) is 0 Å². The fourth-order valence-corrected chi connectivity index (χ4v) is 5.20. The molecule has 0 N–H and O–H groups in total. The molecule has 1 fully saturated rings. The number of hydrogen-bond acceptors (Lipinski definition) is 4. The van der Waals surface area contributed by atoms with Gasteiger partial charge in [0.25, 0.3) is 0 Å². The fraction of sp³-hybridized carbons (Fsp3) is 0.355. The number of carbonyl (C=O) groups is 1. The van der Waals surface area contributed by atoms with E-state index in [0.717, 1.165) is 40.5 Å². The fourth-order valence-electron chi connectivity index (χ4n) is 5.20. The second kappa shape index (κ2) is 11.1. The molecule has 0 spiro atoms. The van der Waals surface area contributed by atoms with E-state index in [0.29, 0.717) is 38.6 Å². The van der Waals surface area contributed by atoms with Crippen molar-refractivity contribution in [3.63, 3.8) is 0 Å². The van der Waals surface area contributed by atoms with Gasteiger partial charge in [0.05, 0.1) is 29.9 Å². The molecule has 5 rings (SSSR count). The Hall–Kier alpha value is -3.80. The van der Waals surface area contributed by atoms with Crippen LogP contribution < -0.4 is 14.4 Å². The van der Waals surface area contributed by atoms with E-state index in [4.69, 9.17) is 14.5 Å². The summed E-state index contributed by atoms with van der Waals surface area (Å²) in [6, 6.07) is 24.2. The number of nitrogens with zero attached hydrogens (tertiary/aromatic N) is 3. The molecule has 1 aromatic heterocycles. The normalized spacial score (nSPS) is 16.4. The van der Waals surface area contributed by atoms with Crippen molar-refractivity contribution in [1.82, 2.24) is 9.55 Å². The molecule has 1 aliphatic rings.